The Balaban J connectivity index is 1.52. The predicted octanol–water partition coefficient (Wildman–Crippen LogP) is 3.57. The van der Waals surface area contributed by atoms with Gasteiger partial charge in [-0.2, -0.15) is 0 Å². The minimum atomic E-state index is -0.722. The molecule has 2 N–H and O–H groups in total. The van der Waals surface area contributed by atoms with Crippen LogP contribution in [0.15, 0.2) is 30.5 Å². The molecule has 1 aromatic heterocycles. The molecule has 1 atom stereocenters. The number of rotatable bonds is 4. The predicted molar refractivity (Wildman–Crippen MR) is 124 cm³/mol. The Morgan fingerprint density at radius 2 is 2.12 bits per heavy atom. The smallest absolute Gasteiger partial charge is 0.417 e. The Hall–Kier alpha value is -2.88. The van der Waals surface area contributed by atoms with Crippen molar-refractivity contribution in [3.05, 3.63) is 46.6 Å². The molecule has 176 valence electrons. The summed E-state index contributed by atoms with van der Waals surface area (Å²) in [7, 11) is 0. The van der Waals surface area contributed by atoms with Crippen LogP contribution < -0.4 is 10.2 Å². The number of halogens is 1. The van der Waals surface area contributed by atoms with Crippen molar-refractivity contribution in [3.63, 3.8) is 0 Å². The molecule has 1 aromatic carbocycles. The van der Waals surface area contributed by atoms with E-state index >= 15 is 0 Å². The number of anilines is 3. The Kier molecular flexibility index (Phi) is 6.47. The van der Waals surface area contributed by atoms with Gasteiger partial charge < -0.3 is 24.8 Å². The van der Waals surface area contributed by atoms with Crippen molar-refractivity contribution in [2.24, 2.45) is 0 Å². The number of ether oxygens (including phenoxy) is 2. The molecule has 2 aliphatic rings. The summed E-state index contributed by atoms with van der Waals surface area (Å²) < 4.78 is 10.9. The standard InChI is InChI=1S/C23H27ClN4O5/c1-23(2,3)33-22(31)28-12-16-17(24)5-6-18(20(16)21(28)30)26-19-7-4-14(10-25-19)27-8-9-32-15(11-27)13-29/h4-7,10,15,29H,8-9,11-13H2,1-3H3,(H,25,26). The van der Waals surface area contributed by atoms with Crippen LogP contribution in [0.5, 0.6) is 0 Å². The van der Waals surface area contributed by atoms with Crippen molar-refractivity contribution in [1.82, 2.24) is 9.88 Å². The summed E-state index contributed by atoms with van der Waals surface area (Å²) in [5.41, 5.74) is 1.60. The summed E-state index contributed by atoms with van der Waals surface area (Å²) in [5, 5.41) is 12.9. The van der Waals surface area contributed by atoms with Gasteiger partial charge in [-0.25, -0.2) is 14.7 Å². The molecule has 0 spiro atoms. The Bertz CT molecular complexity index is 1050. The molecule has 2 aromatic rings. The third-order valence-corrected chi connectivity index (χ3v) is 5.72. The van der Waals surface area contributed by atoms with Crippen LogP contribution in [0.3, 0.4) is 0 Å². The molecule has 0 saturated carbocycles. The molecule has 2 aliphatic heterocycles. The fraction of sp³-hybridized carbons (Fsp3) is 0.435. The summed E-state index contributed by atoms with van der Waals surface area (Å²) in [4.78, 5) is 33.2. The van der Waals surface area contributed by atoms with E-state index in [1.807, 2.05) is 12.1 Å². The zero-order chi connectivity index (χ0) is 23.8. The zero-order valence-electron chi connectivity index (χ0n) is 18.8. The molecule has 10 heteroatoms. The minimum absolute atomic E-state index is 0.0282. The van der Waals surface area contributed by atoms with Gasteiger partial charge in [-0.15, -0.1) is 0 Å². The first kappa shape index (κ1) is 23.3. The van der Waals surface area contributed by atoms with Gasteiger partial charge in [-0.1, -0.05) is 11.6 Å². The number of aliphatic hydroxyl groups is 1. The molecular formula is C23H27ClN4O5. The van der Waals surface area contributed by atoms with Crippen molar-refractivity contribution in [2.45, 2.75) is 39.0 Å². The lowest BCUT2D eigenvalue weighted by Gasteiger charge is -2.33. The molecule has 1 saturated heterocycles. The van der Waals surface area contributed by atoms with Gasteiger partial charge in [0.1, 0.15) is 11.4 Å². The number of pyridine rings is 1. The highest BCUT2D eigenvalue weighted by atomic mass is 35.5. The number of carbonyl (C=O) groups excluding carboxylic acids is 2. The molecule has 1 unspecified atom stereocenters. The molecular weight excluding hydrogens is 448 g/mol. The van der Waals surface area contributed by atoms with E-state index in [-0.39, 0.29) is 19.3 Å². The third-order valence-electron chi connectivity index (χ3n) is 5.36. The number of morpholine rings is 1. The van der Waals surface area contributed by atoms with Crippen molar-refractivity contribution in [2.75, 3.05) is 36.5 Å². The fourth-order valence-corrected chi connectivity index (χ4v) is 4.02. The second-order valence-corrected chi connectivity index (χ2v) is 9.38. The van der Waals surface area contributed by atoms with E-state index in [1.165, 1.54) is 0 Å². The molecule has 4 rings (SSSR count). The Labute approximate surface area is 197 Å². The number of aromatic nitrogens is 1. The second kappa shape index (κ2) is 9.17. The lowest BCUT2D eigenvalue weighted by Crippen LogP contribution is -2.44. The number of aliphatic hydroxyl groups excluding tert-OH is 1. The van der Waals surface area contributed by atoms with E-state index in [0.717, 1.165) is 10.6 Å². The van der Waals surface area contributed by atoms with Gasteiger partial charge in [0, 0.05) is 23.7 Å². The van der Waals surface area contributed by atoms with E-state index < -0.39 is 17.6 Å². The molecule has 9 nitrogen and oxygen atoms in total. The first-order chi connectivity index (χ1) is 15.7. The number of imide groups is 1. The van der Waals surface area contributed by atoms with Gasteiger partial charge in [-0.05, 0) is 45.0 Å². The summed E-state index contributed by atoms with van der Waals surface area (Å²) in [6, 6.07) is 7.11. The zero-order valence-corrected chi connectivity index (χ0v) is 19.6. The number of benzene rings is 1. The molecule has 0 aliphatic carbocycles. The Morgan fingerprint density at radius 1 is 1.33 bits per heavy atom. The molecule has 0 radical (unpaired) electrons. The lowest BCUT2D eigenvalue weighted by molar-refractivity contribution is 0.00355. The highest BCUT2D eigenvalue weighted by molar-refractivity contribution is 6.32. The van der Waals surface area contributed by atoms with Crippen LogP contribution in [0.25, 0.3) is 0 Å². The molecule has 1 fully saturated rings. The van der Waals surface area contributed by atoms with Gasteiger partial charge in [0.05, 0.1) is 49.0 Å². The normalized spacial score (nSPS) is 18.3. The average Bonchev–Trinajstić information content (AvgIpc) is 3.14. The van der Waals surface area contributed by atoms with Crippen molar-refractivity contribution >= 4 is 40.8 Å². The van der Waals surface area contributed by atoms with Crippen molar-refractivity contribution in [3.8, 4) is 0 Å². The number of fused-ring (bicyclic) bond motifs is 1. The van der Waals surface area contributed by atoms with E-state index in [2.05, 4.69) is 15.2 Å². The second-order valence-electron chi connectivity index (χ2n) is 8.97. The van der Waals surface area contributed by atoms with E-state index in [4.69, 9.17) is 21.1 Å². The number of hydrogen-bond acceptors (Lipinski definition) is 8. The topological polar surface area (TPSA) is 104 Å². The van der Waals surface area contributed by atoms with Gasteiger partial charge >= 0.3 is 6.09 Å². The van der Waals surface area contributed by atoms with Crippen LogP contribution in [-0.2, 0) is 16.0 Å². The third kappa shape index (κ3) is 5.05. The molecule has 0 bridgehead atoms. The van der Waals surface area contributed by atoms with Gasteiger partial charge in [-0.3, -0.25) is 4.79 Å². The van der Waals surface area contributed by atoms with Crippen LogP contribution in [-0.4, -0.2) is 65.0 Å². The molecule has 3 heterocycles. The van der Waals surface area contributed by atoms with Gasteiger partial charge in [0.25, 0.3) is 5.91 Å². The van der Waals surface area contributed by atoms with Crippen LogP contribution >= 0.6 is 11.6 Å². The number of amides is 2. The van der Waals surface area contributed by atoms with Crippen LogP contribution in [0.4, 0.5) is 22.0 Å². The van der Waals surface area contributed by atoms with E-state index in [9.17, 15) is 14.7 Å². The SMILES string of the molecule is CC(C)(C)OC(=O)N1Cc2c(Cl)ccc(Nc3ccc(N4CCOC(CO)C4)cn3)c2C1=O. The largest absolute Gasteiger partial charge is 0.443 e. The quantitative estimate of drug-likeness (QED) is 0.693. The minimum Gasteiger partial charge on any atom is -0.443 e. The number of nitrogens with zero attached hydrogens (tertiary/aromatic N) is 3. The number of nitrogens with one attached hydrogen (secondary N) is 1. The maximum Gasteiger partial charge on any atom is 0.417 e. The first-order valence-electron chi connectivity index (χ1n) is 10.7. The summed E-state index contributed by atoms with van der Waals surface area (Å²) in [5.74, 6) is 0.0722. The summed E-state index contributed by atoms with van der Waals surface area (Å²) >= 11 is 6.34. The van der Waals surface area contributed by atoms with Crippen LogP contribution in [0, 0.1) is 0 Å². The van der Waals surface area contributed by atoms with Crippen molar-refractivity contribution < 1.29 is 24.2 Å². The highest BCUT2D eigenvalue weighted by Gasteiger charge is 2.38. The van der Waals surface area contributed by atoms with Crippen LogP contribution in [0.1, 0.15) is 36.7 Å². The van der Waals surface area contributed by atoms with Crippen molar-refractivity contribution in [1.29, 1.82) is 0 Å². The van der Waals surface area contributed by atoms with Gasteiger partial charge in [0.15, 0.2) is 0 Å². The summed E-state index contributed by atoms with van der Waals surface area (Å²) in [6.07, 6.45) is 0.805. The molecule has 33 heavy (non-hydrogen) atoms. The lowest BCUT2D eigenvalue weighted by atomic mass is 10.1. The number of carbonyl (C=O) groups is 2. The maximum atomic E-state index is 13.1. The highest BCUT2D eigenvalue weighted by Crippen LogP contribution is 2.36. The summed E-state index contributed by atoms with van der Waals surface area (Å²) in [6.45, 7) is 7.10. The van der Waals surface area contributed by atoms with E-state index in [1.54, 1.807) is 39.1 Å². The number of hydrogen-bond donors (Lipinski definition) is 2. The Morgan fingerprint density at radius 3 is 2.79 bits per heavy atom. The monoisotopic (exact) mass is 474 g/mol. The average molecular weight is 475 g/mol. The molecule has 2 amide bonds. The van der Waals surface area contributed by atoms with Gasteiger partial charge in [0.2, 0.25) is 0 Å². The van der Waals surface area contributed by atoms with E-state index in [0.29, 0.717) is 47.4 Å². The maximum absolute atomic E-state index is 13.1. The fourth-order valence-electron chi connectivity index (χ4n) is 3.80. The first-order valence-corrected chi connectivity index (χ1v) is 11.1. The van der Waals surface area contributed by atoms with Crippen LogP contribution in [0.2, 0.25) is 5.02 Å².